The molecule has 0 aliphatic carbocycles. The molecule has 2 aromatic carbocycles. The minimum atomic E-state index is -0.903. The average Bonchev–Trinajstić information content (AvgIpc) is 2.55. The molecule has 0 aliphatic heterocycles. The Morgan fingerprint density at radius 2 is 1.59 bits per heavy atom. The first-order valence-corrected chi connectivity index (χ1v) is 6.53. The van der Waals surface area contributed by atoms with Crippen molar-refractivity contribution in [2.24, 2.45) is 5.10 Å². The SMILES string of the molecule is C/C(=N\NC(=O)C(=O)Nc1ccc(F)cc1)c1ccccc1. The van der Waals surface area contributed by atoms with E-state index in [0.717, 1.165) is 5.56 Å². The zero-order chi connectivity index (χ0) is 15.9. The summed E-state index contributed by atoms with van der Waals surface area (Å²) in [6.07, 6.45) is 0. The van der Waals surface area contributed by atoms with Crippen LogP contribution in [0.2, 0.25) is 0 Å². The highest BCUT2D eigenvalue weighted by Crippen LogP contribution is 2.07. The number of hydrogen-bond acceptors (Lipinski definition) is 3. The topological polar surface area (TPSA) is 70.6 Å². The summed E-state index contributed by atoms with van der Waals surface area (Å²) in [7, 11) is 0. The molecule has 0 bridgehead atoms. The molecule has 6 heteroatoms. The molecule has 5 nitrogen and oxygen atoms in total. The first-order valence-electron chi connectivity index (χ1n) is 6.53. The van der Waals surface area contributed by atoms with E-state index in [4.69, 9.17) is 0 Å². The Kier molecular flexibility index (Phi) is 4.98. The highest BCUT2D eigenvalue weighted by molar-refractivity contribution is 6.39. The third-order valence-electron chi connectivity index (χ3n) is 2.83. The number of hydrogen-bond donors (Lipinski definition) is 2. The van der Waals surface area contributed by atoms with Crippen LogP contribution in [-0.2, 0) is 9.59 Å². The molecule has 22 heavy (non-hydrogen) atoms. The van der Waals surface area contributed by atoms with Crippen LogP contribution in [0.3, 0.4) is 0 Å². The molecule has 0 saturated carbocycles. The number of anilines is 1. The van der Waals surface area contributed by atoms with Crippen LogP contribution < -0.4 is 10.7 Å². The van der Waals surface area contributed by atoms with Gasteiger partial charge in [-0.05, 0) is 36.8 Å². The largest absolute Gasteiger partial charge is 0.329 e. The van der Waals surface area contributed by atoms with Gasteiger partial charge in [0, 0.05) is 5.69 Å². The first kappa shape index (κ1) is 15.4. The molecule has 0 aromatic heterocycles. The molecule has 0 unspecified atom stereocenters. The van der Waals surface area contributed by atoms with Crippen molar-refractivity contribution in [2.45, 2.75) is 6.92 Å². The van der Waals surface area contributed by atoms with Crippen LogP contribution >= 0.6 is 0 Å². The van der Waals surface area contributed by atoms with Crippen LogP contribution in [0.5, 0.6) is 0 Å². The van der Waals surface area contributed by atoms with Crippen LogP contribution in [0.4, 0.5) is 10.1 Å². The summed E-state index contributed by atoms with van der Waals surface area (Å²) in [5.74, 6) is -2.21. The molecule has 0 heterocycles. The second-order valence-electron chi connectivity index (χ2n) is 4.47. The van der Waals surface area contributed by atoms with E-state index in [1.807, 2.05) is 30.3 Å². The van der Waals surface area contributed by atoms with Gasteiger partial charge >= 0.3 is 11.8 Å². The fourth-order valence-corrected chi connectivity index (χ4v) is 1.65. The van der Waals surface area contributed by atoms with Gasteiger partial charge in [-0.1, -0.05) is 30.3 Å². The second-order valence-corrected chi connectivity index (χ2v) is 4.47. The lowest BCUT2D eigenvalue weighted by Crippen LogP contribution is -2.32. The molecule has 2 aromatic rings. The Bertz CT molecular complexity index is 697. The van der Waals surface area contributed by atoms with Crippen molar-refractivity contribution in [1.82, 2.24) is 5.43 Å². The summed E-state index contributed by atoms with van der Waals surface area (Å²) in [5.41, 5.74) is 3.91. The highest BCUT2D eigenvalue weighted by atomic mass is 19.1. The lowest BCUT2D eigenvalue weighted by Gasteiger charge is -2.04. The minimum absolute atomic E-state index is 0.324. The molecule has 0 saturated heterocycles. The number of nitrogens with one attached hydrogen (secondary N) is 2. The zero-order valence-corrected chi connectivity index (χ0v) is 11.8. The Balaban J connectivity index is 1.94. The Morgan fingerprint density at radius 3 is 2.23 bits per heavy atom. The van der Waals surface area contributed by atoms with E-state index in [1.165, 1.54) is 24.3 Å². The Hall–Kier alpha value is -3.02. The number of hydrazone groups is 1. The van der Waals surface area contributed by atoms with E-state index in [1.54, 1.807) is 6.92 Å². The van der Waals surface area contributed by atoms with Crippen molar-refractivity contribution >= 4 is 23.2 Å². The molecule has 0 aliphatic rings. The smallest absolute Gasteiger partial charge is 0.318 e. The molecule has 2 amide bonds. The van der Waals surface area contributed by atoms with Gasteiger partial charge in [-0.15, -0.1) is 0 Å². The third kappa shape index (κ3) is 4.24. The van der Waals surface area contributed by atoms with Crippen LogP contribution in [0.1, 0.15) is 12.5 Å². The lowest BCUT2D eigenvalue weighted by molar-refractivity contribution is -0.136. The molecular weight excluding hydrogens is 285 g/mol. The summed E-state index contributed by atoms with van der Waals surface area (Å²) >= 11 is 0. The molecular formula is C16H14FN3O2. The van der Waals surface area contributed by atoms with E-state index in [0.29, 0.717) is 11.4 Å². The van der Waals surface area contributed by atoms with Crippen molar-refractivity contribution in [3.8, 4) is 0 Å². The first-order chi connectivity index (χ1) is 10.6. The summed E-state index contributed by atoms with van der Waals surface area (Å²) in [5, 5.41) is 6.21. The van der Waals surface area contributed by atoms with Gasteiger partial charge in [-0.3, -0.25) is 9.59 Å². The van der Waals surface area contributed by atoms with Crippen LogP contribution in [-0.4, -0.2) is 17.5 Å². The molecule has 2 rings (SSSR count). The third-order valence-corrected chi connectivity index (χ3v) is 2.83. The number of nitrogens with zero attached hydrogens (tertiary/aromatic N) is 1. The van der Waals surface area contributed by atoms with Gasteiger partial charge in [0.1, 0.15) is 5.82 Å². The summed E-state index contributed by atoms with van der Waals surface area (Å²) in [6, 6.07) is 14.3. The van der Waals surface area contributed by atoms with Crippen molar-refractivity contribution in [1.29, 1.82) is 0 Å². The summed E-state index contributed by atoms with van der Waals surface area (Å²) in [6.45, 7) is 1.72. The van der Waals surface area contributed by atoms with E-state index >= 15 is 0 Å². The number of carbonyl (C=O) groups excluding carboxylic acids is 2. The fourth-order valence-electron chi connectivity index (χ4n) is 1.65. The van der Waals surface area contributed by atoms with Crippen LogP contribution in [0, 0.1) is 5.82 Å². The fraction of sp³-hybridized carbons (Fsp3) is 0.0625. The molecule has 0 spiro atoms. The van der Waals surface area contributed by atoms with E-state index in [2.05, 4.69) is 15.8 Å². The molecule has 2 N–H and O–H groups in total. The van der Waals surface area contributed by atoms with E-state index in [9.17, 15) is 14.0 Å². The standard InChI is InChI=1S/C16H14FN3O2/c1-11(12-5-3-2-4-6-12)19-20-16(22)15(21)18-14-9-7-13(17)8-10-14/h2-10H,1H3,(H,18,21)(H,20,22)/b19-11+. The Morgan fingerprint density at radius 1 is 0.955 bits per heavy atom. The van der Waals surface area contributed by atoms with Crippen molar-refractivity contribution in [2.75, 3.05) is 5.32 Å². The monoisotopic (exact) mass is 299 g/mol. The van der Waals surface area contributed by atoms with E-state index < -0.39 is 17.6 Å². The molecule has 0 fully saturated rings. The normalized spacial score (nSPS) is 10.9. The molecule has 112 valence electrons. The maximum Gasteiger partial charge on any atom is 0.329 e. The number of halogens is 1. The number of amides is 2. The summed E-state index contributed by atoms with van der Waals surface area (Å²) in [4.78, 5) is 23.3. The van der Waals surface area contributed by atoms with Gasteiger partial charge in [0.05, 0.1) is 5.71 Å². The maximum absolute atomic E-state index is 12.7. The van der Waals surface area contributed by atoms with Gasteiger partial charge in [0.25, 0.3) is 0 Å². The summed E-state index contributed by atoms with van der Waals surface area (Å²) < 4.78 is 12.7. The predicted octanol–water partition coefficient (Wildman–Crippen LogP) is 2.30. The zero-order valence-electron chi connectivity index (χ0n) is 11.8. The van der Waals surface area contributed by atoms with Crippen molar-refractivity contribution < 1.29 is 14.0 Å². The predicted molar refractivity (Wildman–Crippen MR) is 81.8 cm³/mol. The van der Waals surface area contributed by atoms with Crippen molar-refractivity contribution in [3.63, 3.8) is 0 Å². The number of benzene rings is 2. The van der Waals surface area contributed by atoms with Gasteiger partial charge in [0.2, 0.25) is 0 Å². The second kappa shape index (κ2) is 7.12. The quantitative estimate of drug-likeness (QED) is 0.518. The van der Waals surface area contributed by atoms with Gasteiger partial charge in [-0.2, -0.15) is 5.10 Å². The van der Waals surface area contributed by atoms with Crippen LogP contribution in [0.15, 0.2) is 59.7 Å². The van der Waals surface area contributed by atoms with Gasteiger partial charge < -0.3 is 5.32 Å². The van der Waals surface area contributed by atoms with E-state index in [-0.39, 0.29) is 0 Å². The number of carbonyl (C=O) groups is 2. The molecule has 0 atom stereocenters. The number of rotatable bonds is 3. The van der Waals surface area contributed by atoms with Gasteiger partial charge in [-0.25, -0.2) is 9.82 Å². The Labute approximate surface area is 126 Å². The minimum Gasteiger partial charge on any atom is -0.318 e. The molecule has 0 radical (unpaired) electrons. The van der Waals surface area contributed by atoms with Crippen LogP contribution in [0.25, 0.3) is 0 Å². The maximum atomic E-state index is 12.7. The average molecular weight is 299 g/mol. The highest BCUT2D eigenvalue weighted by Gasteiger charge is 2.13. The van der Waals surface area contributed by atoms with Gasteiger partial charge in [0.15, 0.2) is 0 Å². The van der Waals surface area contributed by atoms with Crippen molar-refractivity contribution in [3.05, 3.63) is 66.0 Å². The lowest BCUT2D eigenvalue weighted by atomic mass is 10.1.